The Labute approximate surface area is 170 Å². The van der Waals surface area contributed by atoms with Gasteiger partial charge in [-0.05, 0) is 18.2 Å². The summed E-state index contributed by atoms with van der Waals surface area (Å²) >= 11 is 0. The van der Waals surface area contributed by atoms with Gasteiger partial charge < -0.3 is 24.3 Å². The number of hydrogen-bond donors (Lipinski definition) is 1. The van der Waals surface area contributed by atoms with Gasteiger partial charge in [0.15, 0.2) is 11.5 Å². The van der Waals surface area contributed by atoms with Crippen LogP contribution in [-0.4, -0.2) is 50.6 Å². The maximum absolute atomic E-state index is 6.03. The van der Waals surface area contributed by atoms with Crippen LogP contribution in [0.5, 0.6) is 11.5 Å². The zero-order valence-electron chi connectivity index (χ0n) is 16.5. The molecule has 1 N–H and O–H groups in total. The first-order chi connectivity index (χ1) is 14.3. The SMILES string of the molecule is C#Cc1cccc(Nc2c(OCCOC)c(OCCOC)cc3ncncc23)c1. The molecular weight excluding hydrogens is 370 g/mol. The van der Waals surface area contributed by atoms with Gasteiger partial charge in [0, 0.05) is 43.1 Å². The van der Waals surface area contributed by atoms with Crippen LogP contribution < -0.4 is 14.8 Å². The fourth-order valence-corrected chi connectivity index (χ4v) is 2.75. The number of terminal acetylenes is 1. The molecule has 0 bridgehead atoms. The Kier molecular flexibility index (Phi) is 7.22. The Morgan fingerprint density at radius 1 is 1.03 bits per heavy atom. The molecule has 1 aromatic heterocycles. The summed E-state index contributed by atoms with van der Waals surface area (Å²) in [6.45, 7) is 1.62. The molecule has 7 heteroatoms. The highest BCUT2D eigenvalue weighted by atomic mass is 16.5. The Morgan fingerprint density at radius 3 is 2.59 bits per heavy atom. The van der Waals surface area contributed by atoms with Gasteiger partial charge in [-0.25, -0.2) is 9.97 Å². The lowest BCUT2D eigenvalue weighted by atomic mass is 10.1. The molecule has 0 aliphatic carbocycles. The van der Waals surface area contributed by atoms with Gasteiger partial charge in [0.05, 0.1) is 24.4 Å². The van der Waals surface area contributed by atoms with Crippen LogP contribution in [0, 0.1) is 12.3 Å². The van der Waals surface area contributed by atoms with Crippen molar-refractivity contribution in [2.45, 2.75) is 0 Å². The van der Waals surface area contributed by atoms with E-state index in [0.717, 1.165) is 22.2 Å². The Hall–Kier alpha value is -3.34. The molecule has 0 radical (unpaired) electrons. The first kappa shape index (κ1) is 20.4. The van der Waals surface area contributed by atoms with Crippen LogP contribution in [-0.2, 0) is 9.47 Å². The number of rotatable bonds is 10. The van der Waals surface area contributed by atoms with Crippen molar-refractivity contribution in [3.63, 3.8) is 0 Å². The molecular formula is C22H23N3O4. The maximum atomic E-state index is 6.03. The van der Waals surface area contributed by atoms with Gasteiger partial charge in [0.2, 0.25) is 0 Å². The maximum Gasteiger partial charge on any atom is 0.185 e. The van der Waals surface area contributed by atoms with Crippen molar-refractivity contribution in [2.75, 3.05) is 46.0 Å². The summed E-state index contributed by atoms with van der Waals surface area (Å²) < 4.78 is 22.2. The van der Waals surface area contributed by atoms with Crippen LogP contribution in [0.1, 0.15) is 5.56 Å². The minimum absolute atomic E-state index is 0.357. The summed E-state index contributed by atoms with van der Waals surface area (Å²) in [5.41, 5.74) is 3.00. The number of ether oxygens (including phenoxy) is 4. The average Bonchev–Trinajstić information content (AvgIpc) is 2.75. The van der Waals surface area contributed by atoms with Crippen LogP contribution in [0.3, 0.4) is 0 Å². The second-order valence-corrected chi connectivity index (χ2v) is 6.07. The highest BCUT2D eigenvalue weighted by Gasteiger charge is 2.18. The molecule has 0 aliphatic rings. The van der Waals surface area contributed by atoms with E-state index < -0.39 is 0 Å². The highest BCUT2D eigenvalue weighted by molar-refractivity contribution is 5.98. The molecule has 0 unspecified atom stereocenters. The third-order valence-corrected chi connectivity index (χ3v) is 4.11. The van der Waals surface area contributed by atoms with Gasteiger partial charge in [0.25, 0.3) is 0 Å². The van der Waals surface area contributed by atoms with Crippen molar-refractivity contribution >= 4 is 22.3 Å². The molecule has 3 rings (SSSR count). The van der Waals surface area contributed by atoms with Gasteiger partial charge in [-0.1, -0.05) is 12.0 Å². The highest BCUT2D eigenvalue weighted by Crippen LogP contribution is 2.42. The van der Waals surface area contributed by atoms with Crippen LogP contribution in [0.15, 0.2) is 42.9 Å². The minimum Gasteiger partial charge on any atom is -0.487 e. The Balaban J connectivity index is 2.08. The van der Waals surface area contributed by atoms with Crippen LogP contribution >= 0.6 is 0 Å². The third-order valence-electron chi connectivity index (χ3n) is 4.11. The molecule has 0 saturated carbocycles. The fourth-order valence-electron chi connectivity index (χ4n) is 2.75. The zero-order chi connectivity index (χ0) is 20.5. The average molecular weight is 393 g/mol. The minimum atomic E-state index is 0.357. The number of methoxy groups -OCH3 is 2. The molecule has 0 saturated heterocycles. The van der Waals surface area contributed by atoms with Crippen molar-refractivity contribution in [3.05, 3.63) is 48.4 Å². The monoisotopic (exact) mass is 393 g/mol. The number of benzene rings is 2. The predicted molar refractivity (Wildman–Crippen MR) is 112 cm³/mol. The van der Waals surface area contributed by atoms with Gasteiger partial charge in [-0.3, -0.25) is 0 Å². The van der Waals surface area contributed by atoms with Crippen molar-refractivity contribution in [2.24, 2.45) is 0 Å². The van der Waals surface area contributed by atoms with Gasteiger partial charge >= 0.3 is 0 Å². The molecule has 29 heavy (non-hydrogen) atoms. The topological polar surface area (TPSA) is 74.7 Å². The molecule has 7 nitrogen and oxygen atoms in total. The Morgan fingerprint density at radius 2 is 1.83 bits per heavy atom. The summed E-state index contributed by atoms with van der Waals surface area (Å²) in [5, 5.41) is 4.19. The first-order valence-corrected chi connectivity index (χ1v) is 9.10. The van der Waals surface area contributed by atoms with E-state index in [2.05, 4.69) is 21.2 Å². The molecule has 0 amide bonds. The van der Waals surface area contributed by atoms with E-state index in [4.69, 9.17) is 25.4 Å². The van der Waals surface area contributed by atoms with Crippen LogP contribution in [0.2, 0.25) is 0 Å². The van der Waals surface area contributed by atoms with Crippen LogP contribution in [0.4, 0.5) is 11.4 Å². The number of aromatic nitrogens is 2. The standard InChI is InChI=1S/C22H23N3O4/c1-4-16-6-5-7-17(12-16)25-21-18-14-23-15-24-19(18)13-20(28-10-8-26-2)22(21)29-11-9-27-3/h1,5-7,12-15,25H,8-11H2,2-3H3. The fraction of sp³-hybridized carbons (Fsp3) is 0.273. The lowest BCUT2D eigenvalue weighted by Crippen LogP contribution is -2.10. The molecule has 3 aromatic rings. The lowest BCUT2D eigenvalue weighted by Gasteiger charge is -2.19. The molecule has 1 heterocycles. The summed E-state index contributed by atoms with van der Waals surface area (Å²) in [6, 6.07) is 9.39. The number of nitrogens with zero attached hydrogens (tertiary/aromatic N) is 2. The number of anilines is 2. The largest absolute Gasteiger partial charge is 0.487 e. The second-order valence-electron chi connectivity index (χ2n) is 6.07. The summed E-state index contributed by atoms with van der Waals surface area (Å²) in [7, 11) is 3.25. The van der Waals surface area contributed by atoms with Gasteiger partial charge in [-0.15, -0.1) is 6.42 Å². The third kappa shape index (κ3) is 5.13. The van der Waals surface area contributed by atoms with Crippen molar-refractivity contribution in [1.82, 2.24) is 9.97 Å². The molecule has 2 aromatic carbocycles. The Bertz CT molecular complexity index is 1000. The van der Waals surface area contributed by atoms with Gasteiger partial charge in [-0.2, -0.15) is 0 Å². The van der Waals surface area contributed by atoms with Gasteiger partial charge in [0.1, 0.15) is 19.5 Å². The normalized spacial score (nSPS) is 10.5. The van der Waals surface area contributed by atoms with E-state index in [9.17, 15) is 0 Å². The number of nitrogens with one attached hydrogen (secondary N) is 1. The van der Waals surface area contributed by atoms with E-state index in [1.54, 1.807) is 20.4 Å². The molecule has 150 valence electrons. The van der Waals surface area contributed by atoms with Crippen molar-refractivity contribution < 1.29 is 18.9 Å². The molecule has 0 spiro atoms. The number of fused-ring (bicyclic) bond motifs is 1. The summed E-state index contributed by atoms with van der Waals surface area (Å²) in [5.74, 6) is 3.74. The predicted octanol–water partition coefficient (Wildman–Crippen LogP) is 3.41. The van der Waals surface area contributed by atoms with E-state index in [1.165, 1.54) is 6.33 Å². The zero-order valence-corrected chi connectivity index (χ0v) is 16.5. The quantitative estimate of drug-likeness (QED) is 0.418. The second kappa shape index (κ2) is 10.3. The van der Waals surface area contributed by atoms with Crippen molar-refractivity contribution in [3.8, 4) is 23.8 Å². The van der Waals surface area contributed by atoms with Crippen molar-refractivity contribution in [1.29, 1.82) is 0 Å². The van der Waals surface area contributed by atoms with E-state index in [0.29, 0.717) is 43.6 Å². The summed E-state index contributed by atoms with van der Waals surface area (Å²) in [6.07, 6.45) is 8.77. The molecule has 0 atom stereocenters. The number of hydrogen-bond acceptors (Lipinski definition) is 7. The first-order valence-electron chi connectivity index (χ1n) is 9.10. The molecule has 0 fully saturated rings. The van der Waals surface area contributed by atoms with E-state index >= 15 is 0 Å². The summed E-state index contributed by atoms with van der Waals surface area (Å²) in [4.78, 5) is 8.54. The smallest absolute Gasteiger partial charge is 0.185 e. The molecule has 0 aliphatic heterocycles. The van der Waals surface area contributed by atoms with Crippen LogP contribution in [0.25, 0.3) is 10.9 Å². The van der Waals surface area contributed by atoms with E-state index in [1.807, 2.05) is 30.3 Å². The van der Waals surface area contributed by atoms with E-state index in [-0.39, 0.29) is 0 Å². The lowest BCUT2D eigenvalue weighted by molar-refractivity contribution is 0.133.